The minimum Gasteiger partial charge on any atom is -0.342 e. The normalized spacial score (nSPS) is 22.5. The molecule has 152 valence electrons. The molecule has 2 atom stereocenters. The van der Waals surface area contributed by atoms with Gasteiger partial charge in [-0.1, -0.05) is 31.0 Å². The monoisotopic (exact) mass is 419 g/mol. The molecule has 0 spiro atoms. The number of carbonyl (C=O) groups is 1. The van der Waals surface area contributed by atoms with Gasteiger partial charge in [0.2, 0.25) is 5.91 Å². The number of thiophene rings is 1. The Bertz CT molecular complexity index is 949. The fourth-order valence-corrected chi connectivity index (χ4v) is 6.78. The summed E-state index contributed by atoms with van der Waals surface area (Å²) in [5, 5.41) is 1.40. The molecular weight excluding hydrogens is 390 g/mol. The number of hydrogen-bond donors (Lipinski definition) is 0. The molecule has 1 saturated heterocycles. The summed E-state index contributed by atoms with van der Waals surface area (Å²) in [6, 6.07) is 0. The average Bonchev–Trinajstić information content (AvgIpc) is 2.99. The molecule has 0 N–H and O–H groups in total. The van der Waals surface area contributed by atoms with Gasteiger partial charge < -0.3 is 4.90 Å². The van der Waals surface area contributed by atoms with Crippen molar-refractivity contribution in [3.63, 3.8) is 0 Å². The first-order chi connectivity index (χ1) is 13.5. The molecule has 28 heavy (non-hydrogen) atoms. The summed E-state index contributed by atoms with van der Waals surface area (Å²) in [4.78, 5) is 34.5. The van der Waals surface area contributed by atoms with Gasteiger partial charge in [-0.05, 0) is 51.0 Å². The van der Waals surface area contributed by atoms with Crippen molar-refractivity contribution in [2.75, 3.05) is 18.8 Å². The Hall–Kier alpha value is -1.34. The van der Waals surface area contributed by atoms with Gasteiger partial charge in [-0.2, -0.15) is 0 Å². The number of rotatable bonds is 4. The fourth-order valence-electron chi connectivity index (χ4n) is 4.74. The Morgan fingerprint density at radius 3 is 2.71 bits per heavy atom. The first-order valence-electron chi connectivity index (χ1n) is 10.4. The third kappa shape index (κ3) is 3.63. The largest absolute Gasteiger partial charge is 0.342 e. The van der Waals surface area contributed by atoms with Crippen LogP contribution < -0.4 is 5.56 Å². The number of likely N-dealkylation sites (tertiary alicyclic amines) is 1. The second-order valence-corrected chi connectivity index (χ2v) is 10.3. The molecule has 1 saturated carbocycles. The Morgan fingerprint density at radius 2 is 1.96 bits per heavy atom. The molecule has 4 rings (SSSR count). The molecule has 1 aliphatic heterocycles. The van der Waals surface area contributed by atoms with E-state index in [0.29, 0.717) is 23.4 Å². The summed E-state index contributed by atoms with van der Waals surface area (Å²) in [6.45, 7) is 8.35. The van der Waals surface area contributed by atoms with E-state index < -0.39 is 0 Å². The highest BCUT2D eigenvalue weighted by Crippen LogP contribution is 2.36. The highest BCUT2D eigenvalue weighted by atomic mass is 32.2. The first kappa shape index (κ1) is 20.0. The fraction of sp³-hybridized carbons (Fsp3) is 0.667. The summed E-state index contributed by atoms with van der Waals surface area (Å²) < 4.78 is 1.72. The number of carbonyl (C=O) groups excluding carboxylic acids is 1. The zero-order valence-electron chi connectivity index (χ0n) is 17.0. The Morgan fingerprint density at radius 1 is 1.21 bits per heavy atom. The molecule has 7 heteroatoms. The van der Waals surface area contributed by atoms with Crippen molar-refractivity contribution in [3.05, 3.63) is 20.8 Å². The number of amides is 1. The van der Waals surface area contributed by atoms with Gasteiger partial charge in [0.15, 0.2) is 5.16 Å². The maximum Gasteiger partial charge on any atom is 0.263 e. The standard InChI is InChI=1S/C21H29N3O2S2/c1-4-24-20(26)18-13(2)14(3)28-19(18)22-21(24)27-12-17(25)23-10-9-15-7-5-6-8-16(15)11-23/h15-16H,4-12H2,1-3H3/t15-,16+/m0/s1. The zero-order chi connectivity index (χ0) is 19.8. The second-order valence-electron chi connectivity index (χ2n) is 8.13. The van der Waals surface area contributed by atoms with Crippen LogP contribution in [-0.4, -0.2) is 39.2 Å². The van der Waals surface area contributed by atoms with Gasteiger partial charge in [0, 0.05) is 24.5 Å². The second kappa shape index (κ2) is 8.19. The number of fused-ring (bicyclic) bond motifs is 2. The van der Waals surface area contributed by atoms with E-state index in [4.69, 9.17) is 4.98 Å². The molecule has 2 aliphatic rings. The van der Waals surface area contributed by atoms with Crippen LogP contribution in [0.1, 0.15) is 49.5 Å². The molecule has 2 aromatic rings. The van der Waals surface area contributed by atoms with Crippen molar-refractivity contribution >= 4 is 39.2 Å². The van der Waals surface area contributed by atoms with Crippen LogP contribution >= 0.6 is 23.1 Å². The van der Waals surface area contributed by atoms with Crippen molar-refractivity contribution in [1.29, 1.82) is 0 Å². The molecule has 1 amide bonds. The van der Waals surface area contributed by atoms with Crippen molar-refractivity contribution in [2.24, 2.45) is 11.8 Å². The number of thioether (sulfide) groups is 1. The Kier molecular flexibility index (Phi) is 5.83. The molecular formula is C21H29N3O2S2. The summed E-state index contributed by atoms with van der Waals surface area (Å²) in [7, 11) is 0. The van der Waals surface area contributed by atoms with Crippen LogP contribution in [0, 0.1) is 25.7 Å². The summed E-state index contributed by atoms with van der Waals surface area (Å²) in [5.41, 5.74) is 1.05. The van der Waals surface area contributed by atoms with Crippen molar-refractivity contribution in [1.82, 2.24) is 14.5 Å². The lowest BCUT2D eigenvalue weighted by molar-refractivity contribution is -0.131. The average molecular weight is 420 g/mol. The predicted molar refractivity (Wildman–Crippen MR) is 116 cm³/mol. The van der Waals surface area contributed by atoms with Gasteiger partial charge in [-0.15, -0.1) is 11.3 Å². The van der Waals surface area contributed by atoms with Gasteiger partial charge in [0.1, 0.15) is 4.83 Å². The lowest BCUT2D eigenvalue weighted by Gasteiger charge is -2.41. The van der Waals surface area contributed by atoms with Crippen molar-refractivity contribution in [2.45, 2.75) is 64.6 Å². The van der Waals surface area contributed by atoms with E-state index in [1.165, 1.54) is 37.4 Å². The zero-order valence-corrected chi connectivity index (χ0v) is 18.6. The number of hydrogen-bond acceptors (Lipinski definition) is 5. The van der Waals surface area contributed by atoms with Crippen LogP contribution in [0.5, 0.6) is 0 Å². The van der Waals surface area contributed by atoms with Crippen LogP contribution in [0.2, 0.25) is 0 Å². The van der Waals surface area contributed by atoms with Gasteiger partial charge in [-0.25, -0.2) is 4.98 Å². The molecule has 0 radical (unpaired) electrons. The lowest BCUT2D eigenvalue weighted by Crippen LogP contribution is -2.45. The lowest BCUT2D eigenvalue weighted by atomic mass is 9.75. The number of nitrogens with zero attached hydrogens (tertiary/aromatic N) is 3. The van der Waals surface area contributed by atoms with Crippen molar-refractivity contribution < 1.29 is 4.79 Å². The van der Waals surface area contributed by atoms with Gasteiger partial charge in [0.25, 0.3) is 5.56 Å². The highest BCUT2D eigenvalue weighted by molar-refractivity contribution is 7.99. The van der Waals surface area contributed by atoms with Crippen molar-refractivity contribution in [3.8, 4) is 0 Å². The Balaban J connectivity index is 1.49. The first-order valence-corrected chi connectivity index (χ1v) is 12.2. The molecule has 0 bridgehead atoms. The van der Waals surface area contributed by atoms with E-state index in [0.717, 1.165) is 46.1 Å². The molecule has 3 heterocycles. The number of piperidine rings is 1. The minimum atomic E-state index is 0.0207. The smallest absolute Gasteiger partial charge is 0.263 e. The summed E-state index contributed by atoms with van der Waals surface area (Å²) in [6.07, 6.45) is 6.43. The van der Waals surface area contributed by atoms with E-state index in [2.05, 4.69) is 0 Å². The van der Waals surface area contributed by atoms with Gasteiger partial charge in [0.05, 0.1) is 11.1 Å². The predicted octanol–water partition coefficient (Wildman–Crippen LogP) is 4.23. The van der Waals surface area contributed by atoms with E-state index in [-0.39, 0.29) is 11.5 Å². The molecule has 0 unspecified atom stereocenters. The van der Waals surface area contributed by atoms with E-state index in [1.54, 1.807) is 15.9 Å². The van der Waals surface area contributed by atoms with Crippen LogP contribution in [0.4, 0.5) is 0 Å². The molecule has 0 aromatic carbocycles. The third-order valence-corrected chi connectivity index (χ3v) is 8.60. The summed E-state index contributed by atoms with van der Waals surface area (Å²) >= 11 is 2.98. The number of aromatic nitrogens is 2. The summed E-state index contributed by atoms with van der Waals surface area (Å²) in [5.74, 6) is 2.06. The third-order valence-electron chi connectivity index (χ3n) is 6.54. The van der Waals surface area contributed by atoms with Gasteiger partial charge >= 0.3 is 0 Å². The maximum absolute atomic E-state index is 12.9. The van der Waals surface area contributed by atoms with Crippen LogP contribution in [0.25, 0.3) is 10.2 Å². The quantitative estimate of drug-likeness (QED) is 0.550. The van der Waals surface area contributed by atoms with Gasteiger partial charge in [-0.3, -0.25) is 14.2 Å². The van der Waals surface area contributed by atoms with Crippen LogP contribution in [0.3, 0.4) is 0 Å². The molecule has 2 aromatic heterocycles. The Labute approximate surface area is 174 Å². The topological polar surface area (TPSA) is 55.2 Å². The molecule has 1 aliphatic carbocycles. The van der Waals surface area contributed by atoms with E-state index in [9.17, 15) is 9.59 Å². The molecule has 5 nitrogen and oxygen atoms in total. The highest BCUT2D eigenvalue weighted by Gasteiger charge is 2.32. The number of aryl methyl sites for hydroxylation is 2. The minimum absolute atomic E-state index is 0.0207. The van der Waals surface area contributed by atoms with Crippen LogP contribution in [0.15, 0.2) is 9.95 Å². The van der Waals surface area contributed by atoms with E-state index >= 15 is 0 Å². The SMILES string of the molecule is CCn1c(SCC(=O)N2CC[C@@H]3CCCC[C@@H]3C2)nc2sc(C)c(C)c2c1=O. The maximum atomic E-state index is 12.9. The van der Waals surface area contributed by atoms with E-state index in [1.807, 2.05) is 25.7 Å². The molecule has 2 fully saturated rings. The van der Waals surface area contributed by atoms with Crippen LogP contribution in [-0.2, 0) is 11.3 Å².